The van der Waals surface area contributed by atoms with Crippen molar-refractivity contribution in [2.24, 2.45) is 0 Å². The van der Waals surface area contributed by atoms with Crippen LogP contribution in [0.3, 0.4) is 0 Å². The van der Waals surface area contributed by atoms with Gasteiger partial charge in [0, 0.05) is 36.7 Å². The Balaban J connectivity index is 1.34. The Hall–Kier alpha value is -3.10. The number of halogens is 1. The third-order valence-corrected chi connectivity index (χ3v) is 6.48. The van der Waals surface area contributed by atoms with Crippen LogP contribution < -0.4 is 19.7 Å². The first kappa shape index (κ1) is 25.0. The fourth-order valence-electron chi connectivity index (χ4n) is 4.08. The lowest BCUT2D eigenvalue weighted by Gasteiger charge is -2.29. The Morgan fingerprint density at radius 1 is 1.23 bits per heavy atom. The molecule has 2 aliphatic heterocycles. The molecule has 8 nitrogen and oxygen atoms in total. The molecule has 35 heavy (non-hydrogen) atoms. The van der Waals surface area contributed by atoms with Crippen molar-refractivity contribution in [1.29, 1.82) is 0 Å². The molecule has 9 heteroatoms. The van der Waals surface area contributed by atoms with Crippen LogP contribution in [0.4, 0.5) is 5.69 Å². The van der Waals surface area contributed by atoms with Crippen molar-refractivity contribution in [3.05, 3.63) is 52.5 Å². The summed E-state index contributed by atoms with van der Waals surface area (Å²) in [6.07, 6.45) is 2.86. The second-order valence-electron chi connectivity index (χ2n) is 8.68. The highest BCUT2D eigenvalue weighted by Gasteiger charge is 2.26. The summed E-state index contributed by atoms with van der Waals surface area (Å²) in [5, 5.41) is 3.52. The highest BCUT2D eigenvalue weighted by Crippen LogP contribution is 2.33. The molecule has 0 spiro atoms. The molecule has 1 N–H and O–H groups in total. The summed E-state index contributed by atoms with van der Waals surface area (Å²) in [6, 6.07) is 10.2. The predicted molar refractivity (Wildman–Crippen MR) is 132 cm³/mol. The fourth-order valence-corrected chi connectivity index (χ4v) is 4.20. The van der Waals surface area contributed by atoms with Crippen LogP contribution in [0.25, 0.3) is 0 Å². The van der Waals surface area contributed by atoms with Crippen molar-refractivity contribution in [3.63, 3.8) is 0 Å². The zero-order chi connectivity index (χ0) is 24.8. The van der Waals surface area contributed by atoms with Crippen molar-refractivity contribution in [3.8, 4) is 11.5 Å². The molecule has 0 unspecified atom stereocenters. The van der Waals surface area contributed by atoms with Gasteiger partial charge >= 0.3 is 0 Å². The minimum Gasteiger partial charge on any atom is -0.485 e. The molecule has 2 amide bonds. The lowest BCUT2D eigenvalue weighted by atomic mass is 10.1. The van der Waals surface area contributed by atoms with E-state index >= 15 is 0 Å². The second-order valence-corrected chi connectivity index (χ2v) is 9.09. The van der Waals surface area contributed by atoms with Gasteiger partial charge in [0.25, 0.3) is 5.91 Å². The molecule has 2 aromatic rings. The third-order valence-electron chi connectivity index (χ3n) is 6.06. The van der Waals surface area contributed by atoms with Gasteiger partial charge in [-0.05, 0) is 68.1 Å². The van der Waals surface area contributed by atoms with E-state index in [1.807, 2.05) is 6.92 Å². The van der Waals surface area contributed by atoms with Crippen LogP contribution in [0.5, 0.6) is 11.5 Å². The summed E-state index contributed by atoms with van der Waals surface area (Å²) in [4.78, 5) is 39.1. The number of amides is 2. The second kappa shape index (κ2) is 11.6. The molecular formula is C26H29ClN2O6. The summed E-state index contributed by atoms with van der Waals surface area (Å²) < 4.78 is 16.7. The normalized spacial score (nSPS) is 17.0. The number of hydrogen-bond donors (Lipinski definition) is 1. The Kier molecular flexibility index (Phi) is 8.25. The number of ketones is 1. The highest BCUT2D eigenvalue weighted by molar-refractivity contribution is 6.31. The number of aryl methyl sites for hydroxylation is 1. The number of benzene rings is 2. The monoisotopic (exact) mass is 500 g/mol. The molecule has 0 aliphatic carbocycles. The maximum Gasteiger partial charge on any atom is 0.265 e. The van der Waals surface area contributed by atoms with E-state index in [4.69, 9.17) is 25.8 Å². The Morgan fingerprint density at radius 2 is 2.09 bits per heavy atom. The van der Waals surface area contributed by atoms with Crippen LogP contribution in [0, 0.1) is 6.92 Å². The molecular weight excluding hydrogens is 472 g/mol. The van der Waals surface area contributed by atoms with Gasteiger partial charge in [-0.1, -0.05) is 11.6 Å². The van der Waals surface area contributed by atoms with Gasteiger partial charge in [0.1, 0.15) is 11.5 Å². The molecule has 0 aromatic heterocycles. The van der Waals surface area contributed by atoms with Crippen molar-refractivity contribution < 1.29 is 28.6 Å². The molecule has 2 aromatic carbocycles. The first-order valence-electron chi connectivity index (χ1n) is 11.8. The third kappa shape index (κ3) is 6.52. The zero-order valence-electron chi connectivity index (χ0n) is 19.7. The molecule has 1 fully saturated rings. The minimum absolute atomic E-state index is 0.0695. The summed E-state index contributed by atoms with van der Waals surface area (Å²) in [6.45, 7) is 3.24. The lowest BCUT2D eigenvalue weighted by molar-refractivity contribution is -0.123. The van der Waals surface area contributed by atoms with E-state index in [1.165, 1.54) is 0 Å². The van der Waals surface area contributed by atoms with Gasteiger partial charge < -0.3 is 24.4 Å². The van der Waals surface area contributed by atoms with Crippen molar-refractivity contribution >= 4 is 34.9 Å². The smallest absolute Gasteiger partial charge is 0.265 e. The number of fused-ring (bicyclic) bond motifs is 1. The minimum atomic E-state index is -0.230. The SMILES string of the molecule is Cc1cc(OCC(=O)c2ccc3c(c2)N(CCCC(=O)NC[C@@H]2CCCO2)C(=O)CO3)ccc1Cl. The summed E-state index contributed by atoms with van der Waals surface area (Å²) in [5.74, 6) is 0.566. The first-order valence-corrected chi connectivity index (χ1v) is 12.2. The maximum absolute atomic E-state index is 12.8. The average molecular weight is 501 g/mol. The summed E-state index contributed by atoms with van der Waals surface area (Å²) >= 11 is 6.03. The van der Waals surface area contributed by atoms with Gasteiger partial charge in [-0.3, -0.25) is 14.4 Å². The van der Waals surface area contributed by atoms with E-state index in [9.17, 15) is 14.4 Å². The van der Waals surface area contributed by atoms with Gasteiger partial charge in [0.05, 0.1) is 11.8 Å². The van der Waals surface area contributed by atoms with E-state index in [1.54, 1.807) is 41.3 Å². The molecule has 186 valence electrons. The van der Waals surface area contributed by atoms with Crippen molar-refractivity contribution in [1.82, 2.24) is 5.32 Å². The standard InChI is InChI=1S/C26H29ClN2O6/c1-17-12-19(7-8-21(17)27)34-15-23(30)18-6-9-24-22(13-18)29(26(32)16-35-24)10-2-5-25(31)28-14-20-4-3-11-33-20/h6-9,12-13,20H,2-5,10-11,14-16H2,1H3,(H,28,31)/t20-/m0/s1. The molecule has 0 bridgehead atoms. The van der Waals surface area contributed by atoms with Gasteiger partial charge in [-0.2, -0.15) is 0 Å². The van der Waals surface area contributed by atoms with E-state index in [-0.39, 0.29) is 36.9 Å². The Labute approximate surface area is 209 Å². The maximum atomic E-state index is 12.8. The molecule has 0 radical (unpaired) electrons. The number of nitrogens with zero attached hydrogens (tertiary/aromatic N) is 1. The van der Waals surface area contributed by atoms with E-state index < -0.39 is 0 Å². The summed E-state index contributed by atoms with van der Waals surface area (Å²) in [5.41, 5.74) is 1.79. The zero-order valence-corrected chi connectivity index (χ0v) is 20.4. The van der Waals surface area contributed by atoms with Crippen molar-refractivity contribution in [2.45, 2.75) is 38.7 Å². The molecule has 0 saturated carbocycles. The number of carbonyl (C=O) groups excluding carboxylic acids is 3. The van der Waals surface area contributed by atoms with Crippen LogP contribution in [0.1, 0.15) is 41.6 Å². The number of carbonyl (C=O) groups is 3. The number of ether oxygens (including phenoxy) is 3. The van der Waals surface area contributed by atoms with Crippen LogP contribution in [-0.2, 0) is 14.3 Å². The number of anilines is 1. The molecule has 2 aliphatic rings. The topological polar surface area (TPSA) is 94.2 Å². The number of hydrogen-bond acceptors (Lipinski definition) is 6. The van der Waals surface area contributed by atoms with Gasteiger partial charge in [0.2, 0.25) is 5.91 Å². The van der Waals surface area contributed by atoms with Gasteiger partial charge in [-0.25, -0.2) is 0 Å². The van der Waals surface area contributed by atoms with Crippen molar-refractivity contribution in [2.75, 3.05) is 37.8 Å². The average Bonchev–Trinajstić information content (AvgIpc) is 3.38. The van der Waals surface area contributed by atoms with E-state index in [0.29, 0.717) is 53.7 Å². The van der Waals surface area contributed by atoms with Crippen LogP contribution in [0.2, 0.25) is 5.02 Å². The predicted octanol–water partition coefficient (Wildman–Crippen LogP) is 3.71. The number of Topliss-reactive ketones (excluding diaryl/α,β-unsaturated/α-hetero) is 1. The molecule has 1 saturated heterocycles. The largest absolute Gasteiger partial charge is 0.485 e. The summed E-state index contributed by atoms with van der Waals surface area (Å²) in [7, 11) is 0. The van der Waals surface area contributed by atoms with Crippen LogP contribution >= 0.6 is 11.6 Å². The molecule has 1 atom stereocenters. The van der Waals surface area contributed by atoms with E-state index in [2.05, 4.69) is 5.32 Å². The molecule has 2 heterocycles. The van der Waals surface area contributed by atoms with Crippen LogP contribution in [-0.4, -0.2) is 56.6 Å². The number of nitrogens with one attached hydrogen (secondary N) is 1. The van der Waals surface area contributed by atoms with Crippen LogP contribution in [0.15, 0.2) is 36.4 Å². The quantitative estimate of drug-likeness (QED) is 0.500. The van der Waals surface area contributed by atoms with Gasteiger partial charge in [0.15, 0.2) is 19.0 Å². The molecule has 4 rings (SSSR count). The van der Waals surface area contributed by atoms with E-state index in [0.717, 1.165) is 25.0 Å². The Morgan fingerprint density at radius 3 is 2.86 bits per heavy atom. The van der Waals surface area contributed by atoms with Gasteiger partial charge in [-0.15, -0.1) is 0 Å². The fraction of sp³-hybridized carbons (Fsp3) is 0.423. The lowest BCUT2D eigenvalue weighted by Crippen LogP contribution is -2.40. The number of rotatable bonds is 10. The highest BCUT2D eigenvalue weighted by atomic mass is 35.5. The Bertz CT molecular complexity index is 1100. The first-order chi connectivity index (χ1) is 16.9.